The van der Waals surface area contributed by atoms with Crippen molar-refractivity contribution in [3.63, 3.8) is 0 Å². The number of carbonyl (C=O) groups excluding carboxylic acids is 3. The highest BCUT2D eigenvalue weighted by molar-refractivity contribution is 5.99. The van der Waals surface area contributed by atoms with Gasteiger partial charge in [-0.15, -0.1) is 0 Å². The van der Waals surface area contributed by atoms with Gasteiger partial charge in [-0.3, -0.25) is 14.4 Å². The predicted molar refractivity (Wildman–Crippen MR) is 140 cm³/mol. The quantitative estimate of drug-likeness (QED) is 0.422. The molecule has 204 valence electrons. The molecule has 3 N–H and O–H groups in total. The second-order valence-electron chi connectivity index (χ2n) is 11.5. The van der Waals surface area contributed by atoms with Gasteiger partial charge < -0.3 is 25.4 Å². The highest BCUT2D eigenvalue weighted by atomic mass is 16.5. The molecule has 3 amide bonds. The van der Waals surface area contributed by atoms with Crippen LogP contribution >= 0.6 is 0 Å². The maximum Gasteiger partial charge on any atom is 0.246 e. The highest BCUT2D eigenvalue weighted by Crippen LogP contribution is 2.64. The van der Waals surface area contributed by atoms with Crippen LogP contribution in [0.2, 0.25) is 0 Å². The van der Waals surface area contributed by atoms with Crippen molar-refractivity contribution in [3.05, 3.63) is 35.9 Å². The van der Waals surface area contributed by atoms with Crippen LogP contribution in [0.5, 0.6) is 0 Å². The first-order valence-electron chi connectivity index (χ1n) is 13.9. The molecule has 3 aliphatic heterocycles. The van der Waals surface area contributed by atoms with Gasteiger partial charge in [0.15, 0.2) is 0 Å². The lowest BCUT2D eigenvalue weighted by atomic mass is 9.65. The zero-order chi connectivity index (χ0) is 27.0. The van der Waals surface area contributed by atoms with Crippen molar-refractivity contribution in [1.82, 2.24) is 15.5 Å². The second kappa shape index (κ2) is 10.7. The van der Waals surface area contributed by atoms with E-state index in [4.69, 9.17) is 4.74 Å². The molecule has 4 rings (SSSR count). The molecule has 0 radical (unpaired) electrons. The van der Waals surface area contributed by atoms with Crippen LogP contribution in [0.15, 0.2) is 30.3 Å². The van der Waals surface area contributed by atoms with Crippen LogP contribution in [0.1, 0.15) is 72.3 Å². The van der Waals surface area contributed by atoms with Crippen LogP contribution in [-0.2, 0) is 25.7 Å². The predicted octanol–water partition coefficient (Wildman–Crippen LogP) is 2.78. The first kappa shape index (κ1) is 27.6. The Bertz CT molecular complexity index is 1000. The van der Waals surface area contributed by atoms with Crippen LogP contribution in [0.25, 0.3) is 0 Å². The largest absolute Gasteiger partial charge is 0.394 e. The summed E-state index contributed by atoms with van der Waals surface area (Å²) in [5.74, 6) is -2.25. The van der Waals surface area contributed by atoms with E-state index in [1.165, 1.54) is 0 Å². The van der Waals surface area contributed by atoms with E-state index in [1.54, 1.807) is 4.90 Å². The first-order chi connectivity index (χ1) is 17.7. The number of ether oxygens (including phenoxy) is 1. The van der Waals surface area contributed by atoms with Crippen LogP contribution in [0.3, 0.4) is 0 Å². The lowest BCUT2D eigenvalue weighted by Gasteiger charge is -2.39. The average Bonchev–Trinajstić information content (AvgIpc) is 3.47. The topological polar surface area (TPSA) is 108 Å². The van der Waals surface area contributed by atoms with E-state index < -0.39 is 35.1 Å². The van der Waals surface area contributed by atoms with E-state index in [9.17, 15) is 19.5 Å². The molecule has 7 atom stereocenters. The summed E-state index contributed by atoms with van der Waals surface area (Å²) in [4.78, 5) is 43.4. The Hall–Kier alpha value is -2.45. The summed E-state index contributed by atoms with van der Waals surface area (Å²) in [6.07, 6.45) is 3.47. The van der Waals surface area contributed by atoms with Gasteiger partial charge in [-0.25, -0.2) is 0 Å². The zero-order valence-electron chi connectivity index (χ0n) is 22.8. The van der Waals surface area contributed by atoms with E-state index in [2.05, 4.69) is 17.6 Å². The van der Waals surface area contributed by atoms with Crippen LogP contribution < -0.4 is 10.6 Å². The van der Waals surface area contributed by atoms with Gasteiger partial charge >= 0.3 is 0 Å². The number of nitrogens with zero attached hydrogens (tertiary/aromatic N) is 1. The van der Waals surface area contributed by atoms with Gasteiger partial charge in [-0.1, -0.05) is 64.4 Å². The fraction of sp³-hybridized carbons (Fsp3) is 0.690. The highest BCUT2D eigenvalue weighted by Gasteiger charge is 2.79. The van der Waals surface area contributed by atoms with Gasteiger partial charge in [0.05, 0.1) is 30.1 Å². The number of hydrogen-bond acceptors (Lipinski definition) is 5. The van der Waals surface area contributed by atoms with Gasteiger partial charge in [0.1, 0.15) is 11.6 Å². The Kier molecular flexibility index (Phi) is 8.00. The number of likely N-dealkylation sites (tertiary alicyclic amines) is 1. The average molecular weight is 514 g/mol. The molecule has 1 aromatic rings. The van der Waals surface area contributed by atoms with E-state index in [0.29, 0.717) is 25.8 Å². The standard InChI is InChI=1S/C29H43N3O5/c1-6-11-19(5)31-26(35)24-29-15-14-28(7-2,37-29)22(25(34)30-16-20-12-9-8-10-13-20)23(29)27(36)32(24)21(17-33)18(3)4/h8-10,12-13,18-19,21-24,33H,6-7,11,14-17H2,1-5H3,(H,30,34)(H,31,35)/t19?,21-,22+,23-,24?,28-,29?/m0/s1. The molecule has 8 nitrogen and oxygen atoms in total. The maximum absolute atomic E-state index is 14.2. The minimum Gasteiger partial charge on any atom is -0.394 e. The Morgan fingerprint density at radius 1 is 1.14 bits per heavy atom. The molecule has 1 spiro atoms. The number of fused-ring (bicyclic) bond motifs is 1. The van der Waals surface area contributed by atoms with Crippen molar-refractivity contribution >= 4 is 17.7 Å². The second-order valence-corrected chi connectivity index (χ2v) is 11.5. The fourth-order valence-electron chi connectivity index (χ4n) is 7.05. The molecule has 0 aromatic heterocycles. The zero-order valence-corrected chi connectivity index (χ0v) is 22.8. The molecule has 1 aromatic carbocycles. The molecular weight excluding hydrogens is 470 g/mol. The van der Waals surface area contributed by atoms with Gasteiger partial charge in [0, 0.05) is 12.6 Å². The number of aliphatic hydroxyl groups excluding tert-OH is 1. The first-order valence-corrected chi connectivity index (χ1v) is 13.9. The molecule has 3 heterocycles. The summed E-state index contributed by atoms with van der Waals surface area (Å²) < 4.78 is 6.79. The summed E-state index contributed by atoms with van der Waals surface area (Å²) in [5.41, 5.74) is -0.894. The van der Waals surface area contributed by atoms with Crippen LogP contribution in [0, 0.1) is 17.8 Å². The molecule has 3 fully saturated rings. The summed E-state index contributed by atoms with van der Waals surface area (Å²) >= 11 is 0. The smallest absolute Gasteiger partial charge is 0.246 e. The van der Waals surface area contributed by atoms with E-state index in [1.807, 2.05) is 58.0 Å². The summed E-state index contributed by atoms with van der Waals surface area (Å²) in [6, 6.07) is 8.18. The summed E-state index contributed by atoms with van der Waals surface area (Å²) in [6.45, 7) is 9.98. The van der Waals surface area contributed by atoms with Crippen molar-refractivity contribution in [2.24, 2.45) is 17.8 Å². The minimum atomic E-state index is -1.08. The van der Waals surface area contributed by atoms with Gasteiger partial charge in [-0.05, 0) is 44.1 Å². The third-order valence-corrected chi connectivity index (χ3v) is 8.88. The van der Waals surface area contributed by atoms with E-state index in [0.717, 1.165) is 18.4 Å². The van der Waals surface area contributed by atoms with Crippen molar-refractivity contribution < 1.29 is 24.2 Å². The van der Waals surface area contributed by atoms with Gasteiger partial charge in [0.2, 0.25) is 17.7 Å². The molecule has 3 aliphatic rings. The molecule has 3 saturated heterocycles. The number of benzene rings is 1. The van der Waals surface area contributed by atoms with E-state index >= 15 is 0 Å². The molecular formula is C29H43N3O5. The normalized spacial score (nSPS) is 31.9. The van der Waals surface area contributed by atoms with Crippen LogP contribution in [-0.4, -0.2) is 63.7 Å². The Morgan fingerprint density at radius 2 is 1.84 bits per heavy atom. The van der Waals surface area contributed by atoms with E-state index in [-0.39, 0.29) is 36.3 Å². The van der Waals surface area contributed by atoms with Crippen molar-refractivity contribution in [3.8, 4) is 0 Å². The Balaban J connectivity index is 1.71. The fourth-order valence-corrected chi connectivity index (χ4v) is 7.05. The number of rotatable bonds is 11. The van der Waals surface area contributed by atoms with Gasteiger partial charge in [-0.2, -0.15) is 0 Å². The van der Waals surface area contributed by atoms with Gasteiger partial charge in [0.25, 0.3) is 0 Å². The molecule has 0 saturated carbocycles. The molecule has 3 unspecified atom stereocenters. The Labute approximate surface area is 220 Å². The monoisotopic (exact) mass is 513 g/mol. The molecule has 8 heteroatoms. The summed E-state index contributed by atoms with van der Waals surface area (Å²) in [7, 11) is 0. The molecule has 2 bridgehead atoms. The third-order valence-electron chi connectivity index (χ3n) is 8.88. The summed E-state index contributed by atoms with van der Waals surface area (Å²) in [5, 5.41) is 16.5. The SMILES string of the molecule is CCCC(C)NC(=O)C1N([C@@H](CO)C(C)C)C(=O)[C@@H]2[C@H](C(=O)NCc3ccccc3)[C@]3(CC)CCC12O3. The number of nitrogens with one attached hydrogen (secondary N) is 2. The number of aliphatic hydroxyl groups is 1. The lowest BCUT2D eigenvalue weighted by molar-refractivity contribution is -0.152. The minimum absolute atomic E-state index is 0.0553. The maximum atomic E-state index is 14.2. The van der Waals surface area contributed by atoms with Crippen molar-refractivity contribution in [2.45, 2.75) is 103 Å². The van der Waals surface area contributed by atoms with Crippen LogP contribution in [0.4, 0.5) is 0 Å². The lowest BCUT2D eigenvalue weighted by Crippen LogP contribution is -2.60. The number of hydrogen-bond donors (Lipinski definition) is 3. The molecule has 0 aliphatic carbocycles. The third kappa shape index (κ3) is 4.56. The number of amides is 3. The Morgan fingerprint density at radius 3 is 2.43 bits per heavy atom. The number of carbonyl (C=O) groups is 3. The van der Waals surface area contributed by atoms with Crippen molar-refractivity contribution in [2.75, 3.05) is 6.61 Å². The molecule has 37 heavy (non-hydrogen) atoms. The van der Waals surface area contributed by atoms with Crippen molar-refractivity contribution in [1.29, 1.82) is 0 Å².